The van der Waals surface area contributed by atoms with Crippen molar-refractivity contribution < 1.29 is 0 Å². The fraction of sp³-hybridized carbons (Fsp3) is 0.0933. The van der Waals surface area contributed by atoms with Gasteiger partial charge in [0.05, 0.1) is 5.41 Å². The van der Waals surface area contributed by atoms with Gasteiger partial charge in [0, 0.05) is 33.4 Å². The molecule has 0 N–H and O–H groups in total. The zero-order chi connectivity index (χ0) is 54.0. The molecule has 0 aliphatic heterocycles. The first-order valence-corrected chi connectivity index (χ1v) is 28.2. The molecule has 6 heteroatoms. The molecule has 14 rings (SSSR count). The van der Waals surface area contributed by atoms with Gasteiger partial charge in [-0.15, -0.1) is 0 Å². The number of aryl methyl sites for hydroxylation is 1. The van der Waals surface area contributed by atoms with E-state index in [4.69, 9.17) is 29.9 Å². The molecule has 81 heavy (non-hydrogen) atoms. The van der Waals surface area contributed by atoms with Crippen LogP contribution in [0.2, 0.25) is 0 Å². The lowest BCUT2D eigenvalue weighted by Crippen LogP contribution is -2.31. The number of fused-ring (bicyclic) bond motifs is 2. The number of aromatic nitrogens is 6. The Hall–Kier alpha value is -10.0. The topological polar surface area (TPSA) is 77.3 Å². The molecule has 0 amide bonds. The molecule has 11 aromatic rings. The highest BCUT2D eigenvalue weighted by molar-refractivity contribution is 5.85. The van der Waals surface area contributed by atoms with Gasteiger partial charge in [0.25, 0.3) is 0 Å². The minimum atomic E-state index is -0.787. The summed E-state index contributed by atoms with van der Waals surface area (Å²) >= 11 is 0. The molecule has 386 valence electrons. The molecule has 6 nitrogen and oxygen atoms in total. The number of allylic oxidation sites excluding steroid dienone is 9. The zero-order valence-electron chi connectivity index (χ0n) is 44.8. The Morgan fingerprint density at radius 1 is 0.309 bits per heavy atom. The summed E-state index contributed by atoms with van der Waals surface area (Å²) < 4.78 is 0. The summed E-state index contributed by atoms with van der Waals surface area (Å²) in [5.74, 6) is 3.79. The Morgan fingerprint density at radius 3 is 1.46 bits per heavy atom. The third-order valence-corrected chi connectivity index (χ3v) is 16.1. The lowest BCUT2D eigenvalue weighted by Gasteiger charge is -2.38. The summed E-state index contributed by atoms with van der Waals surface area (Å²) in [7, 11) is 0. The second-order valence-electron chi connectivity index (χ2n) is 21.1. The van der Waals surface area contributed by atoms with Crippen molar-refractivity contribution in [1.29, 1.82) is 0 Å². The molecule has 0 radical (unpaired) electrons. The highest BCUT2D eigenvalue weighted by Gasteiger charge is 2.39. The average Bonchev–Trinajstić information content (AvgIpc) is 3.68. The quantitative estimate of drug-likeness (QED) is 0.113. The van der Waals surface area contributed by atoms with E-state index in [1.54, 1.807) is 0 Å². The Labute approximate surface area is 473 Å². The smallest absolute Gasteiger partial charge is 0.164 e. The molecule has 2 aromatic heterocycles. The van der Waals surface area contributed by atoms with Gasteiger partial charge in [-0.25, -0.2) is 29.9 Å². The number of rotatable bonds is 12. The largest absolute Gasteiger partial charge is 0.208 e. The maximum atomic E-state index is 5.27. The van der Waals surface area contributed by atoms with Crippen molar-refractivity contribution in [3.63, 3.8) is 0 Å². The van der Waals surface area contributed by atoms with Gasteiger partial charge in [0.15, 0.2) is 34.9 Å². The Kier molecular flexibility index (Phi) is 13.2. The van der Waals surface area contributed by atoms with Crippen LogP contribution in [0, 0.1) is 0 Å². The molecular formula is C75H56N6. The minimum absolute atomic E-state index is 0.610. The van der Waals surface area contributed by atoms with Crippen molar-refractivity contribution in [2.24, 2.45) is 0 Å². The normalized spacial score (nSPS) is 14.5. The van der Waals surface area contributed by atoms with Crippen molar-refractivity contribution in [3.05, 3.63) is 306 Å². The van der Waals surface area contributed by atoms with E-state index in [1.165, 1.54) is 38.6 Å². The van der Waals surface area contributed by atoms with E-state index >= 15 is 0 Å². The molecule has 0 saturated carbocycles. The van der Waals surface area contributed by atoms with Gasteiger partial charge >= 0.3 is 0 Å². The molecule has 2 heterocycles. The lowest BCUT2D eigenvalue weighted by molar-refractivity contribution is 0.743. The highest BCUT2D eigenvalue weighted by atomic mass is 15.0. The average molecular weight is 1040 g/mol. The zero-order valence-corrected chi connectivity index (χ0v) is 44.8. The Balaban J connectivity index is 0.934. The van der Waals surface area contributed by atoms with Crippen LogP contribution < -0.4 is 0 Å². The molecule has 0 fully saturated rings. The highest BCUT2D eigenvalue weighted by Crippen LogP contribution is 2.48. The van der Waals surface area contributed by atoms with E-state index in [-0.39, 0.29) is 0 Å². The van der Waals surface area contributed by atoms with Gasteiger partial charge in [0.2, 0.25) is 0 Å². The summed E-state index contributed by atoms with van der Waals surface area (Å²) in [4.78, 5) is 31.3. The maximum Gasteiger partial charge on any atom is 0.164 e. The van der Waals surface area contributed by atoms with Crippen molar-refractivity contribution in [3.8, 4) is 68.1 Å². The van der Waals surface area contributed by atoms with Crippen LogP contribution in [0.5, 0.6) is 0 Å². The first-order valence-electron chi connectivity index (χ1n) is 28.2. The number of nitrogens with zero attached hydrogens (tertiary/aromatic N) is 6. The third-order valence-electron chi connectivity index (χ3n) is 16.1. The van der Waals surface area contributed by atoms with E-state index in [9.17, 15) is 0 Å². The van der Waals surface area contributed by atoms with Crippen LogP contribution in [-0.4, -0.2) is 29.9 Å². The van der Waals surface area contributed by atoms with Gasteiger partial charge in [-0.1, -0.05) is 249 Å². The number of hydrogen-bond acceptors (Lipinski definition) is 6. The van der Waals surface area contributed by atoms with Crippen molar-refractivity contribution in [1.82, 2.24) is 29.9 Å². The molecule has 0 bridgehead atoms. The van der Waals surface area contributed by atoms with Gasteiger partial charge in [-0.2, -0.15) is 0 Å². The van der Waals surface area contributed by atoms with Crippen molar-refractivity contribution in [2.75, 3.05) is 0 Å². The summed E-state index contributed by atoms with van der Waals surface area (Å²) in [5, 5.41) is 2.36. The summed E-state index contributed by atoms with van der Waals surface area (Å²) in [6, 6.07) is 78.4. The predicted octanol–water partition coefficient (Wildman–Crippen LogP) is 18.0. The number of benzene rings is 9. The van der Waals surface area contributed by atoms with Crippen molar-refractivity contribution in [2.45, 2.75) is 43.9 Å². The first-order chi connectivity index (χ1) is 40.1. The van der Waals surface area contributed by atoms with Crippen molar-refractivity contribution >= 4 is 28.0 Å². The maximum absolute atomic E-state index is 5.27. The van der Waals surface area contributed by atoms with Gasteiger partial charge in [-0.05, 0) is 123 Å². The molecule has 0 spiro atoms. The van der Waals surface area contributed by atoms with Gasteiger partial charge in [0.1, 0.15) is 0 Å². The van der Waals surface area contributed by atoms with Crippen LogP contribution in [0.25, 0.3) is 96.1 Å². The van der Waals surface area contributed by atoms with Crippen LogP contribution in [0.15, 0.2) is 261 Å². The molecule has 1 atom stereocenters. The third kappa shape index (κ3) is 9.76. The monoisotopic (exact) mass is 1040 g/mol. The fourth-order valence-electron chi connectivity index (χ4n) is 11.9. The molecule has 1 unspecified atom stereocenters. The van der Waals surface area contributed by atoms with Crippen LogP contribution in [0.1, 0.15) is 76.9 Å². The Morgan fingerprint density at radius 2 is 0.815 bits per heavy atom. The molecule has 0 saturated heterocycles. The second kappa shape index (κ2) is 21.7. The second-order valence-corrected chi connectivity index (χ2v) is 21.1. The van der Waals surface area contributed by atoms with E-state index in [1.807, 2.05) is 24.3 Å². The molecule has 3 aliphatic carbocycles. The molecular weight excluding hydrogens is 985 g/mol. The van der Waals surface area contributed by atoms with Crippen LogP contribution >= 0.6 is 0 Å². The van der Waals surface area contributed by atoms with Crippen LogP contribution in [-0.2, 0) is 11.8 Å². The van der Waals surface area contributed by atoms with E-state index in [0.29, 0.717) is 34.9 Å². The Bertz CT molecular complexity index is 4320. The van der Waals surface area contributed by atoms with Crippen LogP contribution in [0.3, 0.4) is 0 Å². The minimum Gasteiger partial charge on any atom is -0.208 e. The predicted molar refractivity (Wildman–Crippen MR) is 332 cm³/mol. The van der Waals surface area contributed by atoms with Crippen LogP contribution in [0.4, 0.5) is 0 Å². The first kappa shape index (κ1) is 49.3. The van der Waals surface area contributed by atoms with E-state index in [2.05, 4.69) is 243 Å². The van der Waals surface area contributed by atoms with E-state index < -0.39 is 5.41 Å². The van der Waals surface area contributed by atoms with E-state index in [0.717, 1.165) is 99.7 Å². The number of hydrogen-bond donors (Lipinski definition) is 0. The summed E-state index contributed by atoms with van der Waals surface area (Å²) in [6.07, 6.45) is 23.7. The SMILES string of the molecule is C1=CCCC(c2cccc(-c3nc(-c4ccccc4)nc(-c4ccc(C(c5ccc(-c6nc(C7=CCCC=C7)nc(-c7cccc(-c8ccccc8)c7)n6)cc5)(c5ccc6c(c5)CCC=C6)c5ccc6ccccc6c5)cc4)n3)c2)=C1. The lowest BCUT2D eigenvalue weighted by atomic mass is 9.64. The standard InChI is InChI=1S/C75H56N6/c1-5-19-51(20-6-1)59-31-17-33-63(47-59)73-78-69(55-25-9-3-10-26-55)76-71(80-73)57-37-41-65(42-38-57)75(67-45-35-53-23-13-15-29-61(53)49-67,68-46-36-54-24-14-16-30-62(54)50-68)66-43-39-58(40-44-66)72-77-70(56-27-11-4-12-28-56)79-74(81-72)64-34-18-32-60(48-64)52-21-7-2-8-22-52/h1-3,5,7-11,13-15,17-19,21-29,31-50H,4,6,12,16,20,30H2. The fourth-order valence-corrected chi connectivity index (χ4v) is 11.9. The summed E-state index contributed by atoms with van der Waals surface area (Å²) in [5.41, 5.74) is 16.7. The van der Waals surface area contributed by atoms with Gasteiger partial charge in [-0.3, -0.25) is 0 Å². The molecule has 3 aliphatic rings. The van der Waals surface area contributed by atoms with Gasteiger partial charge < -0.3 is 0 Å². The molecule has 9 aromatic carbocycles. The summed E-state index contributed by atoms with van der Waals surface area (Å²) in [6.45, 7) is 0.